The molecule has 0 saturated carbocycles. The fourth-order valence-corrected chi connectivity index (χ4v) is 1.26. The largest absolute Gasteiger partial charge is 0.368 e. The van der Waals surface area contributed by atoms with Crippen LogP contribution >= 0.6 is 11.6 Å². The van der Waals surface area contributed by atoms with Gasteiger partial charge in [-0.05, 0) is 13.3 Å². The Kier molecular flexibility index (Phi) is 3.83. The number of aryl methyl sites for hydroxylation is 1. The summed E-state index contributed by atoms with van der Waals surface area (Å²) in [6, 6.07) is 0. The summed E-state index contributed by atoms with van der Waals surface area (Å²) in [5.41, 5.74) is 6.73. The van der Waals surface area contributed by atoms with E-state index in [1.807, 2.05) is 13.1 Å². The van der Waals surface area contributed by atoms with Crippen molar-refractivity contribution < 1.29 is 0 Å². The van der Waals surface area contributed by atoms with E-state index in [0.29, 0.717) is 16.5 Å². The number of nitrogen functional groups attached to an aromatic ring is 1. The van der Waals surface area contributed by atoms with Crippen molar-refractivity contribution in [3.63, 3.8) is 0 Å². The lowest BCUT2D eigenvalue weighted by atomic mass is 10.3. The summed E-state index contributed by atoms with van der Waals surface area (Å²) in [7, 11) is 0. The Morgan fingerprint density at radius 3 is 2.79 bits per heavy atom. The van der Waals surface area contributed by atoms with Crippen molar-refractivity contribution >= 4 is 29.5 Å². The van der Waals surface area contributed by atoms with Crippen molar-refractivity contribution in [2.45, 2.75) is 26.7 Å². The zero-order valence-electron chi connectivity index (χ0n) is 8.29. The Labute approximate surface area is 88.2 Å². The molecule has 1 aromatic heterocycles. The molecule has 0 aliphatic carbocycles. The van der Waals surface area contributed by atoms with Crippen molar-refractivity contribution in [3.8, 4) is 0 Å². The molecule has 1 rings (SSSR count). The van der Waals surface area contributed by atoms with E-state index in [1.165, 1.54) is 0 Å². The van der Waals surface area contributed by atoms with Crippen LogP contribution in [0.2, 0.25) is 5.15 Å². The van der Waals surface area contributed by atoms with Crippen molar-refractivity contribution in [1.29, 1.82) is 0 Å². The second-order valence-corrected chi connectivity index (χ2v) is 3.26. The third-order valence-electron chi connectivity index (χ3n) is 1.67. The molecule has 0 unspecified atom stereocenters. The molecule has 0 amide bonds. The predicted octanol–water partition coefficient (Wildman–Crippen LogP) is 2.52. The molecule has 0 aliphatic rings. The van der Waals surface area contributed by atoms with E-state index in [0.717, 1.165) is 12.8 Å². The van der Waals surface area contributed by atoms with Crippen LogP contribution in [0.4, 0.5) is 11.6 Å². The van der Waals surface area contributed by atoms with E-state index in [1.54, 1.807) is 0 Å². The minimum Gasteiger partial charge on any atom is -0.368 e. The van der Waals surface area contributed by atoms with Crippen molar-refractivity contribution in [2.24, 2.45) is 4.99 Å². The van der Waals surface area contributed by atoms with Crippen LogP contribution in [0, 0.1) is 6.92 Å². The van der Waals surface area contributed by atoms with Gasteiger partial charge in [0.25, 0.3) is 0 Å². The predicted molar refractivity (Wildman–Crippen MR) is 59.3 cm³/mol. The number of nitrogens with zero attached hydrogens (tertiary/aromatic N) is 3. The first-order valence-corrected chi connectivity index (χ1v) is 4.85. The van der Waals surface area contributed by atoms with Gasteiger partial charge in [-0.1, -0.05) is 24.9 Å². The molecule has 0 radical (unpaired) electrons. The maximum Gasteiger partial charge on any atom is 0.221 e. The summed E-state index contributed by atoms with van der Waals surface area (Å²) in [5, 5.41) is 0.308. The highest BCUT2D eigenvalue weighted by molar-refractivity contribution is 6.32. The van der Waals surface area contributed by atoms with Gasteiger partial charge >= 0.3 is 0 Å². The Morgan fingerprint density at radius 2 is 2.21 bits per heavy atom. The molecule has 0 aromatic carbocycles. The van der Waals surface area contributed by atoms with E-state index in [-0.39, 0.29) is 5.95 Å². The summed E-state index contributed by atoms with van der Waals surface area (Å²) in [4.78, 5) is 12.0. The van der Waals surface area contributed by atoms with Crippen LogP contribution in [-0.2, 0) is 0 Å². The van der Waals surface area contributed by atoms with Gasteiger partial charge in [-0.25, -0.2) is 4.98 Å². The molecular formula is C9H13ClN4. The maximum absolute atomic E-state index is 5.87. The van der Waals surface area contributed by atoms with Crippen molar-refractivity contribution in [3.05, 3.63) is 10.8 Å². The monoisotopic (exact) mass is 212 g/mol. The lowest BCUT2D eigenvalue weighted by molar-refractivity contribution is 1.01. The molecule has 0 atom stereocenters. The number of aliphatic imine (C=N–C) groups is 1. The standard InChI is InChI=1S/C9H13ClN4/c1-3-4-5-12-7-6(2)13-9(11)14-8(7)10/h5H,3-4H2,1-2H3,(H2,11,13,14)/b12-5-. The molecule has 1 heterocycles. The van der Waals surface area contributed by atoms with Crippen LogP contribution in [0.25, 0.3) is 0 Å². The Hall–Kier alpha value is -1.16. The first kappa shape index (κ1) is 10.9. The second-order valence-electron chi connectivity index (χ2n) is 2.91. The van der Waals surface area contributed by atoms with Gasteiger partial charge in [0.15, 0.2) is 5.15 Å². The van der Waals surface area contributed by atoms with Gasteiger partial charge < -0.3 is 5.73 Å². The van der Waals surface area contributed by atoms with Crippen LogP contribution in [-0.4, -0.2) is 16.2 Å². The fraction of sp³-hybridized carbons (Fsp3) is 0.444. The molecule has 5 heteroatoms. The zero-order chi connectivity index (χ0) is 10.6. The van der Waals surface area contributed by atoms with Crippen LogP contribution in [0.5, 0.6) is 0 Å². The SMILES string of the molecule is CCC/C=N\c1c(C)nc(N)nc1Cl. The van der Waals surface area contributed by atoms with Crippen LogP contribution < -0.4 is 5.73 Å². The van der Waals surface area contributed by atoms with Gasteiger partial charge in [0.2, 0.25) is 5.95 Å². The first-order chi connectivity index (χ1) is 6.65. The molecule has 76 valence electrons. The third kappa shape index (κ3) is 2.67. The summed E-state index contributed by atoms with van der Waals surface area (Å²) in [6.45, 7) is 3.89. The molecule has 2 N–H and O–H groups in total. The van der Waals surface area contributed by atoms with Crippen LogP contribution in [0.15, 0.2) is 4.99 Å². The van der Waals surface area contributed by atoms with Crippen molar-refractivity contribution in [2.75, 3.05) is 5.73 Å². The quantitative estimate of drug-likeness (QED) is 0.619. The molecule has 0 saturated heterocycles. The van der Waals surface area contributed by atoms with E-state index in [9.17, 15) is 0 Å². The number of hydrogen-bond acceptors (Lipinski definition) is 4. The maximum atomic E-state index is 5.87. The summed E-state index contributed by atoms with van der Waals surface area (Å²) < 4.78 is 0. The Bertz CT molecular complexity index is 326. The van der Waals surface area contributed by atoms with Gasteiger partial charge in [0.1, 0.15) is 5.69 Å². The minimum absolute atomic E-state index is 0.182. The van der Waals surface area contributed by atoms with E-state index >= 15 is 0 Å². The lowest BCUT2D eigenvalue weighted by Gasteiger charge is -2.01. The Morgan fingerprint density at radius 1 is 1.50 bits per heavy atom. The average molecular weight is 213 g/mol. The topological polar surface area (TPSA) is 64.2 Å². The number of aromatic nitrogens is 2. The molecule has 4 nitrogen and oxygen atoms in total. The normalized spacial score (nSPS) is 11.1. The average Bonchev–Trinajstić information content (AvgIpc) is 2.09. The second kappa shape index (κ2) is 4.91. The summed E-state index contributed by atoms with van der Waals surface area (Å²) in [6.07, 6.45) is 3.78. The van der Waals surface area contributed by atoms with E-state index in [4.69, 9.17) is 17.3 Å². The Balaban J connectivity index is 2.96. The highest BCUT2D eigenvalue weighted by atomic mass is 35.5. The van der Waals surface area contributed by atoms with Gasteiger partial charge in [-0.2, -0.15) is 4.98 Å². The van der Waals surface area contributed by atoms with Crippen molar-refractivity contribution in [1.82, 2.24) is 9.97 Å². The highest BCUT2D eigenvalue weighted by Gasteiger charge is 2.06. The number of halogens is 1. The molecule has 0 spiro atoms. The smallest absolute Gasteiger partial charge is 0.221 e. The lowest BCUT2D eigenvalue weighted by Crippen LogP contribution is -1.97. The minimum atomic E-state index is 0.182. The number of nitrogens with two attached hydrogens (primary N) is 1. The molecule has 0 aliphatic heterocycles. The molecule has 0 fully saturated rings. The highest BCUT2D eigenvalue weighted by Crippen LogP contribution is 2.25. The molecular weight excluding hydrogens is 200 g/mol. The molecule has 14 heavy (non-hydrogen) atoms. The molecule has 1 aromatic rings. The van der Waals surface area contributed by atoms with E-state index < -0.39 is 0 Å². The molecule has 0 bridgehead atoms. The fourth-order valence-electron chi connectivity index (χ4n) is 0.984. The summed E-state index contributed by atoms with van der Waals surface area (Å²) in [5.74, 6) is 0.182. The van der Waals surface area contributed by atoms with Crippen LogP contribution in [0.1, 0.15) is 25.5 Å². The number of rotatable bonds is 3. The van der Waals surface area contributed by atoms with Gasteiger partial charge in [-0.15, -0.1) is 0 Å². The van der Waals surface area contributed by atoms with E-state index in [2.05, 4.69) is 21.9 Å². The number of unbranched alkanes of at least 4 members (excludes halogenated alkanes) is 1. The number of anilines is 1. The van der Waals surface area contributed by atoms with Gasteiger partial charge in [-0.3, -0.25) is 4.99 Å². The third-order valence-corrected chi connectivity index (χ3v) is 1.93. The van der Waals surface area contributed by atoms with Gasteiger partial charge in [0, 0.05) is 6.21 Å². The van der Waals surface area contributed by atoms with Gasteiger partial charge in [0.05, 0.1) is 5.69 Å². The van der Waals surface area contributed by atoms with Crippen LogP contribution in [0.3, 0.4) is 0 Å². The zero-order valence-corrected chi connectivity index (χ0v) is 9.04. The number of hydrogen-bond donors (Lipinski definition) is 1. The first-order valence-electron chi connectivity index (χ1n) is 4.47. The summed E-state index contributed by atoms with van der Waals surface area (Å²) >= 11 is 5.87.